The van der Waals surface area contributed by atoms with E-state index >= 15 is 0 Å². The first-order valence-electron chi connectivity index (χ1n) is 8.06. The predicted molar refractivity (Wildman–Crippen MR) is 86.9 cm³/mol. The monoisotopic (exact) mass is 331 g/mol. The van der Waals surface area contributed by atoms with E-state index < -0.39 is 5.97 Å². The first-order valence-corrected chi connectivity index (χ1v) is 8.06. The van der Waals surface area contributed by atoms with Crippen LogP contribution in [0.2, 0.25) is 0 Å². The molecule has 0 radical (unpaired) electrons. The predicted octanol–water partition coefficient (Wildman–Crippen LogP) is 1.95. The van der Waals surface area contributed by atoms with Gasteiger partial charge in [0.1, 0.15) is 6.54 Å². The number of nitrogens with one attached hydrogen (secondary N) is 1. The molecule has 2 N–H and O–H groups in total. The highest BCUT2D eigenvalue weighted by Crippen LogP contribution is 2.42. The number of carbonyl (C=O) groups is 2. The fourth-order valence-electron chi connectivity index (χ4n) is 2.69. The largest absolute Gasteiger partial charge is 0.480 e. The summed E-state index contributed by atoms with van der Waals surface area (Å²) in [5.41, 5.74) is 1.57. The van der Waals surface area contributed by atoms with Crippen LogP contribution < -0.4 is 5.32 Å². The van der Waals surface area contributed by atoms with Gasteiger partial charge in [-0.3, -0.25) is 19.0 Å². The molecule has 3 rings (SSSR count). The Kier molecular flexibility index (Phi) is 4.37. The van der Waals surface area contributed by atoms with E-state index in [1.807, 2.05) is 4.68 Å². The van der Waals surface area contributed by atoms with E-state index in [2.05, 4.69) is 29.4 Å². The number of carbonyl (C=O) groups excluding carboxylic acids is 1. The van der Waals surface area contributed by atoms with Crippen molar-refractivity contribution in [2.45, 2.75) is 45.7 Å². The lowest BCUT2D eigenvalue weighted by Gasteiger charge is -2.10. The molecule has 0 unspecified atom stereocenters. The van der Waals surface area contributed by atoms with Gasteiger partial charge in [-0.1, -0.05) is 13.8 Å². The number of carboxylic acid groups (broad SMARTS) is 1. The average molecular weight is 331 g/mol. The van der Waals surface area contributed by atoms with Crippen LogP contribution in [0.3, 0.4) is 0 Å². The number of hydrogen-bond acceptors (Lipinski definition) is 4. The van der Waals surface area contributed by atoms with Crippen molar-refractivity contribution >= 4 is 17.7 Å². The Balaban J connectivity index is 1.76. The Morgan fingerprint density at radius 2 is 2.17 bits per heavy atom. The van der Waals surface area contributed by atoms with E-state index in [0.717, 1.165) is 25.1 Å². The van der Waals surface area contributed by atoms with E-state index in [9.17, 15) is 9.59 Å². The zero-order valence-corrected chi connectivity index (χ0v) is 13.8. The summed E-state index contributed by atoms with van der Waals surface area (Å²) >= 11 is 0. The quantitative estimate of drug-likeness (QED) is 0.807. The molecule has 2 heterocycles. The minimum Gasteiger partial charge on any atom is -0.480 e. The van der Waals surface area contributed by atoms with Gasteiger partial charge in [-0.2, -0.15) is 10.2 Å². The van der Waals surface area contributed by atoms with Gasteiger partial charge in [-0.25, -0.2) is 0 Å². The second kappa shape index (κ2) is 6.46. The van der Waals surface area contributed by atoms with Crippen LogP contribution in [0.15, 0.2) is 18.5 Å². The number of aromatic nitrogens is 4. The Bertz CT molecular complexity index is 758. The fourth-order valence-corrected chi connectivity index (χ4v) is 2.69. The second-order valence-corrected chi connectivity index (χ2v) is 6.54. The molecule has 0 aromatic carbocycles. The van der Waals surface area contributed by atoms with Crippen LogP contribution in [0, 0.1) is 5.92 Å². The van der Waals surface area contributed by atoms with Crippen molar-refractivity contribution in [3.05, 3.63) is 29.7 Å². The molecule has 1 saturated carbocycles. The first kappa shape index (κ1) is 16.2. The number of aliphatic carboxylic acids is 1. The summed E-state index contributed by atoms with van der Waals surface area (Å²) in [6.07, 6.45) is 5.29. The molecule has 0 saturated heterocycles. The van der Waals surface area contributed by atoms with Gasteiger partial charge in [0.25, 0.3) is 5.91 Å². The van der Waals surface area contributed by atoms with Crippen molar-refractivity contribution in [3.63, 3.8) is 0 Å². The second-order valence-electron chi connectivity index (χ2n) is 6.54. The van der Waals surface area contributed by atoms with Gasteiger partial charge in [0.05, 0.1) is 17.5 Å². The Labute approximate surface area is 139 Å². The summed E-state index contributed by atoms with van der Waals surface area (Å²) in [5, 5.41) is 19.9. The van der Waals surface area contributed by atoms with Gasteiger partial charge in [-0.05, 0) is 18.8 Å². The molecular weight excluding hydrogens is 310 g/mol. The van der Waals surface area contributed by atoms with Gasteiger partial charge in [0.2, 0.25) is 0 Å². The maximum absolute atomic E-state index is 12.6. The molecule has 2 aromatic rings. The molecule has 0 spiro atoms. The molecule has 8 nitrogen and oxygen atoms in total. The van der Waals surface area contributed by atoms with E-state index in [0.29, 0.717) is 23.2 Å². The molecule has 0 aliphatic heterocycles. The third kappa shape index (κ3) is 3.64. The standard InChI is InChI=1S/C16H21N5O3/c1-10(2)8-21-15(11-3-4-11)12(7-17-21)16(24)18-13-5-6-20(19-13)9-14(22)23/h5-7,10-11H,3-4,8-9H2,1-2H3,(H,22,23)(H,18,19,24). The van der Waals surface area contributed by atoms with Crippen LogP contribution in [-0.4, -0.2) is 36.5 Å². The van der Waals surface area contributed by atoms with Crippen LogP contribution in [0.5, 0.6) is 0 Å². The van der Waals surface area contributed by atoms with Crippen molar-refractivity contribution in [1.29, 1.82) is 0 Å². The van der Waals surface area contributed by atoms with Crippen LogP contribution in [-0.2, 0) is 17.9 Å². The average Bonchev–Trinajstić information content (AvgIpc) is 3.10. The van der Waals surface area contributed by atoms with Gasteiger partial charge < -0.3 is 10.4 Å². The lowest BCUT2D eigenvalue weighted by Crippen LogP contribution is -2.16. The number of rotatable bonds is 7. The van der Waals surface area contributed by atoms with Gasteiger partial charge in [0.15, 0.2) is 5.82 Å². The molecule has 1 aliphatic rings. The maximum atomic E-state index is 12.6. The van der Waals surface area contributed by atoms with Gasteiger partial charge >= 0.3 is 5.97 Å². The van der Waals surface area contributed by atoms with Crippen molar-refractivity contribution in [3.8, 4) is 0 Å². The van der Waals surface area contributed by atoms with Gasteiger partial charge in [0, 0.05) is 24.7 Å². The summed E-state index contributed by atoms with van der Waals surface area (Å²) in [6, 6.07) is 1.58. The number of nitrogens with zero attached hydrogens (tertiary/aromatic N) is 4. The molecular formula is C16H21N5O3. The SMILES string of the molecule is CC(C)Cn1ncc(C(=O)Nc2ccn(CC(=O)O)n2)c1C1CC1. The molecule has 1 amide bonds. The van der Waals surface area contributed by atoms with Crippen molar-refractivity contribution < 1.29 is 14.7 Å². The molecule has 1 fully saturated rings. The summed E-state index contributed by atoms with van der Waals surface area (Å²) in [6.45, 7) is 4.78. The van der Waals surface area contributed by atoms with Crippen molar-refractivity contribution in [2.75, 3.05) is 5.32 Å². The highest BCUT2D eigenvalue weighted by molar-refractivity contribution is 6.04. The summed E-state index contributed by atoms with van der Waals surface area (Å²) in [7, 11) is 0. The van der Waals surface area contributed by atoms with Crippen LogP contribution in [0.25, 0.3) is 0 Å². The normalized spacial score (nSPS) is 14.1. The van der Waals surface area contributed by atoms with Crippen LogP contribution in [0.4, 0.5) is 5.82 Å². The molecule has 24 heavy (non-hydrogen) atoms. The van der Waals surface area contributed by atoms with Crippen LogP contribution >= 0.6 is 0 Å². The smallest absolute Gasteiger partial charge is 0.325 e. The number of anilines is 1. The van der Waals surface area contributed by atoms with Gasteiger partial charge in [-0.15, -0.1) is 0 Å². The molecule has 8 heteroatoms. The minimum absolute atomic E-state index is 0.241. The van der Waals surface area contributed by atoms with E-state index in [4.69, 9.17) is 5.11 Å². The number of carboxylic acids is 1. The maximum Gasteiger partial charge on any atom is 0.325 e. The third-order valence-corrected chi connectivity index (χ3v) is 3.81. The summed E-state index contributed by atoms with van der Waals surface area (Å²) < 4.78 is 3.20. The van der Waals surface area contributed by atoms with Crippen molar-refractivity contribution in [1.82, 2.24) is 19.6 Å². The Morgan fingerprint density at radius 1 is 1.42 bits per heavy atom. The topological polar surface area (TPSA) is 102 Å². The highest BCUT2D eigenvalue weighted by atomic mass is 16.4. The molecule has 128 valence electrons. The Morgan fingerprint density at radius 3 is 2.79 bits per heavy atom. The van der Waals surface area contributed by atoms with E-state index in [1.165, 1.54) is 10.9 Å². The molecule has 0 bridgehead atoms. The lowest BCUT2D eigenvalue weighted by atomic mass is 10.1. The molecule has 2 aromatic heterocycles. The Hall–Kier alpha value is -2.64. The van der Waals surface area contributed by atoms with E-state index in [-0.39, 0.29) is 12.5 Å². The lowest BCUT2D eigenvalue weighted by molar-refractivity contribution is -0.137. The minimum atomic E-state index is -0.984. The number of hydrogen-bond donors (Lipinski definition) is 2. The first-order chi connectivity index (χ1) is 11.4. The zero-order chi connectivity index (χ0) is 17.3. The van der Waals surface area contributed by atoms with E-state index in [1.54, 1.807) is 12.3 Å². The fraction of sp³-hybridized carbons (Fsp3) is 0.500. The van der Waals surface area contributed by atoms with Crippen LogP contribution in [0.1, 0.15) is 48.7 Å². The third-order valence-electron chi connectivity index (χ3n) is 3.81. The molecule has 0 atom stereocenters. The number of amides is 1. The summed E-state index contributed by atoms with van der Waals surface area (Å²) in [5.74, 6) is -0.0596. The molecule has 1 aliphatic carbocycles. The van der Waals surface area contributed by atoms with Crippen molar-refractivity contribution in [2.24, 2.45) is 5.92 Å². The zero-order valence-electron chi connectivity index (χ0n) is 13.8. The highest BCUT2D eigenvalue weighted by Gasteiger charge is 2.32. The summed E-state index contributed by atoms with van der Waals surface area (Å²) in [4.78, 5) is 23.2.